The monoisotopic (exact) mass is 170 g/mol. The van der Waals surface area contributed by atoms with Gasteiger partial charge in [0.05, 0.1) is 12.9 Å². The highest BCUT2D eigenvalue weighted by atomic mass is 16.5. The van der Waals surface area contributed by atoms with Crippen molar-refractivity contribution < 1.29 is 4.74 Å². The van der Waals surface area contributed by atoms with Gasteiger partial charge in [-0.1, -0.05) is 33.1 Å². The van der Waals surface area contributed by atoms with Gasteiger partial charge in [-0.2, -0.15) is 0 Å². The standard InChI is InChI=1S/C11H22O/c1-3-5-6-7-8-9-11-12-10-4-2/h9,11H,3-8,10H2,1-2H3. The molecule has 0 N–H and O–H groups in total. The molecule has 0 spiro atoms. The fourth-order valence-corrected chi connectivity index (χ4v) is 1.01. The topological polar surface area (TPSA) is 9.23 Å². The Kier molecular flexibility index (Phi) is 10.1. The number of allylic oxidation sites excluding steroid dienone is 1. The van der Waals surface area contributed by atoms with Gasteiger partial charge in [-0.05, 0) is 25.3 Å². The van der Waals surface area contributed by atoms with E-state index in [-0.39, 0.29) is 0 Å². The van der Waals surface area contributed by atoms with Crippen LogP contribution in [0.2, 0.25) is 0 Å². The van der Waals surface area contributed by atoms with Crippen molar-refractivity contribution >= 4 is 0 Å². The maximum absolute atomic E-state index is 5.21. The summed E-state index contributed by atoms with van der Waals surface area (Å²) >= 11 is 0. The van der Waals surface area contributed by atoms with Crippen LogP contribution in [-0.4, -0.2) is 6.61 Å². The van der Waals surface area contributed by atoms with Crippen molar-refractivity contribution in [2.24, 2.45) is 0 Å². The third-order valence-corrected chi connectivity index (χ3v) is 1.74. The number of hydrogen-bond donors (Lipinski definition) is 0. The lowest BCUT2D eigenvalue weighted by molar-refractivity contribution is 0.249. The van der Waals surface area contributed by atoms with Crippen molar-refractivity contribution in [2.45, 2.75) is 52.4 Å². The van der Waals surface area contributed by atoms with Crippen LogP contribution < -0.4 is 0 Å². The minimum Gasteiger partial charge on any atom is -0.502 e. The van der Waals surface area contributed by atoms with E-state index in [0.717, 1.165) is 13.0 Å². The van der Waals surface area contributed by atoms with Crippen LogP contribution in [0.1, 0.15) is 52.4 Å². The molecule has 1 nitrogen and oxygen atoms in total. The molecule has 0 amide bonds. The lowest BCUT2D eigenvalue weighted by atomic mass is 10.1. The lowest BCUT2D eigenvalue weighted by Gasteiger charge is -1.96. The quantitative estimate of drug-likeness (QED) is 0.396. The van der Waals surface area contributed by atoms with Crippen molar-refractivity contribution in [2.75, 3.05) is 6.61 Å². The van der Waals surface area contributed by atoms with Crippen LogP contribution in [0.3, 0.4) is 0 Å². The molecular weight excluding hydrogens is 148 g/mol. The Bertz CT molecular complexity index is 97.2. The largest absolute Gasteiger partial charge is 0.502 e. The molecule has 1 heteroatoms. The van der Waals surface area contributed by atoms with Gasteiger partial charge in [0.1, 0.15) is 0 Å². The van der Waals surface area contributed by atoms with E-state index >= 15 is 0 Å². The molecule has 0 atom stereocenters. The highest BCUT2D eigenvalue weighted by Gasteiger charge is 1.83. The van der Waals surface area contributed by atoms with Gasteiger partial charge in [0.15, 0.2) is 0 Å². The summed E-state index contributed by atoms with van der Waals surface area (Å²) in [4.78, 5) is 0. The molecule has 0 fully saturated rings. The van der Waals surface area contributed by atoms with Crippen LogP contribution in [0.15, 0.2) is 12.3 Å². The Morgan fingerprint density at radius 1 is 1.00 bits per heavy atom. The number of rotatable bonds is 8. The second-order valence-corrected chi connectivity index (χ2v) is 3.09. The molecule has 0 aliphatic carbocycles. The Hall–Kier alpha value is -0.460. The zero-order valence-electron chi connectivity index (χ0n) is 8.51. The number of unbranched alkanes of at least 4 members (excludes halogenated alkanes) is 4. The summed E-state index contributed by atoms with van der Waals surface area (Å²) in [6.07, 6.45) is 11.6. The van der Waals surface area contributed by atoms with Crippen LogP contribution in [0.25, 0.3) is 0 Å². The minimum atomic E-state index is 0.853. The van der Waals surface area contributed by atoms with Gasteiger partial charge in [0, 0.05) is 0 Å². The molecule has 0 aliphatic heterocycles. The molecule has 0 aromatic carbocycles. The summed E-state index contributed by atoms with van der Waals surface area (Å²) in [5.74, 6) is 0. The second-order valence-electron chi connectivity index (χ2n) is 3.09. The van der Waals surface area contributed by atoms with Gasteiger partial charge >= 0.3 is 0 Å². The first-order valence-electron chi connectivity index (χ1n) is 5.18. The number of ether oxygens (including phenoxy) is 1. The van der Waals surface area contributed by atoms with E-state index in [9.17, 15) is 0 Å². The molecule has 72 valence electrons. The molecule has 0 saturated carbocycles. The van der Waals surface area contributed by atoms with E-state index in [4.69, 9.17) is 4.74 Å². The van der Waals surface area contributed by atoms with Crippen molar-refractivity contribution in [3.05, 3.63) is 12.3 Å². The summed E-state index contributed by atoms with van der Waals surface area (Å²) in [6, 6.07) is 0. The van der Waals surface area contributed by atoms with Crippen molar-refractivity contribution in [1.29, 1.82) is 0 Å². The normalized spacial score (nSPS) is 10.8. The van der Waals surface area contributed by atoms with Crippen LogP contribution >= 0.6 is 0 Å². The molecular formula is C11H22O. The molecule has 0 bridgehead atoms. The van der Waals surface area contributed by atoms with Gasteiger partial charge in [-0.25, -0.2) is 0 Å². The predicted molar refractivity (Wildman–Crippen MR) is 54.1 cm³/mol. The maximum Gasteiger partial charge on any atom is 0.0870 e. The van der Waals surface area contributed by atoms with Crippen LogP contribution in [0.4, 0.5) is 0 Å². The number of hydrogen-bond acceptors (Lipinski definition) is 1. The average Bonchev–Trinajstić information content (AvgIpc) is 2.10. The first kappa shape index (κ1) is 11.5. The fourth-order valence-electron chi connectivity index (χ4n) is 1.01. The SMILES string of the molecule is CCCCCCC=COCCC. The highest BCUT2D eigenvalue weighted by Crippen LogP contribution is 2.02. The van der Waals surface area contributed by atoms with Crippen LogP contribution in [0.5, 0.6) is 0 Å². The van der Waals surface area contributed by atoms with Crippen LogP contribution in [0, 0.1) is 0 Å². The summed E-state index contributed by atoms with van der Waals surface area (Å²) < 4.78 is 5.21. The predicted octanol–water partition coefficient (Wildman–Crippen LogP) is 3.90. The summed E-state index contributed by atoms with van der Waals surface area (Å²) in [6.45, 7) is 5.21. The van der Waals surface area contributed by atoms with Crippen molar-refractivity contribution in [3.8, 4) is 0 Å². The molecule has 0 unspecified atom stereocenters. The van der Waals surface area contributed by atoms with E-state index in [1.54, 1.807) is 0 Å². The Labute approximate surface area is 76.8 Å². The molecule has 0 aliphatic rings. The molecule has 0 aromatic heterocycles. The van der Waals surface area contributed by atoms with E-state index in [1.807, 2.05) is 6.26 Å². The summed E-state index contributed by atoms with van der Waals surface area (Å²) in [5.41, 5.74) is 0. The second kappa shape index (κ2) is 10.5. The third kappa shape index (κ3) is 9.54. The van der Waals surface area contributed by atoms with Gasteiger partial charge < -0.3 is 4.74 Å². The van der Waals surface area contributed by atoms with E-state index in [0.29, 0.717) is 0 Å². The molecule has 0 radical (unpaired) electrons. The lowest BCUT2D eigenvalue weighted by Crippen LogP contribution is -1.82. The summed E-state index contributed by atoms with van der Waals surface area (Å²) in [5, 5.41) is 0. The van der Waals surface area contributed by atoms with Gasteiger partial charge in [0.25, 0.3) is 0 Å². The summed E-state index contributed by atoms with van der Waals surface area (Å²) in [7, 11) is 0. The van der Waals surface area contributed by atoms with E-state index < -0.39 is 0 Å². The Morgan fingerprint density at radius 3 is 2.50 bits per heavy atom. The maximum atomic E-state index is 5.21. The smallest absolute Gasteiger partial charge is 0.0870 e. The van der Waals surface area contributed by atoms with Crippen molar-refractivity contribution in [1.82, 2.24) is 0 Å². The van der Waals surface area contributed by atoms with Gasteiger partial charge in [-0.15, -0.1) is 0 Å². The Morgan fingerprint density at radius 2 is 1.83 bits per heavy atom. The third-order valence-electron chi connectivity index (χ3n) is 1.74. The molecule has 0 saturated heterocycles. The average molecular weight is 170 g/mol. The zero-order valence-corrected chi connectivity index (χ0v) is 8.51. The highest BCUT2D eigenvalue weighted by molar-refractivity contribution is 4.72. The van der Waals surface area contributed by atoms with E-state index in [2.05, 4.69) is 19.9 Å². The van der Waals surface area contributed by atoms with E-state index in [1.165, 1.54) is 32.1 Å². The van der Waals surface area contributed by atoms with Crippen LogP contribution in [-0.2, 0) is 4.74 Å². The van der Waals surface area contributed by atoms with Gasteiger partial charge in [0.2, 0.25) is 0 Å². The molecule has 12 heavy (non-hydrogen) atoms. The fraction of sp³-hybridized carbons (Fsp3) is 0.818. The first-order chi connectivity index (χ1) is 5.91. The first-order valence-corrected chi connectivity index (χ1v) is 5.18. The molecule has 0 heterocycles. The zero-order chi connectivity index (χ0) is 9.07. The molecule has 0 rings (SSSR count). The molecule has 0 aromatic rings. The Balaban J connectivity index is 2.92. The van der Waals surface area contributed by atoms with Gasteiger partial charge in [-0.3, -0.25) is 0 Å². The minimum absolute atomic E-state index is 0.853. The van der Waals surface area contributed by atoms with Crippen molar-refractivity contribution in [3.63, 3.8) is 0 Å².